The molecule has 0 saturated heterocycles. The first kappa shape index (κ1) is 22.7. The number of thiazole rings is 1. The van der Waals surface area contributed by atoms with Gasteiger partial charge in [-0.15, -0.1) is 11.8 Å². The van der Waals surface area contributed by atoms with E-state index in [9.17, 15) is 13.2 Å². The lowest BCUT2D eigenvalue weighted by Crippen LogP contribution is -2.36. The Hall–Kier alpha value is -1.94. The maximum absolute atomic E-state index is 13.4. The van der Waals surface area contributed by atoms with E-state index in [1.807, 2.05) is 43.5 Å². The number of anilines is 1. The van der Waals surface area contributed by atoms with Crippen LogP contribution in [-0.4, -0.2) is 63.4 Å². The second-order valence-electron chi connectivity index (χ2n) is 6.99. The summed E-state index contributed by atoms with van der Waals surface area (Å²) in [5, 5.41) is 0.613. The SMILES string of the molecule is CCS(=O)(=O)c1cccc(C(=O)N(CCN(C)C)c2nc3c(SC)cccc3s2)c1. The van der Waals surface area contributed by atoms with Gasteiger partial charge >= 0.3 is 0 Å². The standard InChI is InChI=1S/C21H25N3O3S3/c1-5-30(26,27)16-9-6-8-15(14-16)20(25)24(13-12-23(2)3)21-22-19-17(28-4)10-7-11-18(19)29-21/h6-11,14H,5,12-13H2,1-4H3. The number of sulfone groups is 1. The van der Waals surface area contributed by atoms with Crippen molar-refractivity contribution >= 4 is 54.2 Å². The number of carbonyl (C=O) groups excluding carboxylic acids is 1. The van der Waals surface area contributed by atoms with Gasteiger partial charge in [0.15, 0.2) is 15.0 Å². The van der Waals surface area contributed by atoms with Crippen molar-refractivity contribution in [2.24, 2.45) is 0 Å². The Kier molecular flexibility index (Phi) is 7.18. The minimum Gasteiger partial charge on any atom is -0.308 e. The van der Waals surface area contributed by atoms with Crippen molar-refractivity contribution in [2.45, 2.75) is 16.7 Å². The third-order valence-corrected chi connectivity index (χ3v) is 8.20. The zero-order valence-corrected chi connectivity index (χ0v) is 19.9. The second kappa shape index (κ2) is 9.47. The van der Waals surface area contributed by atoms with Crippen molar-refractivity contribution in [1.82, 2.24) is 9.88 Å². The fraction of sp³-hybridized carbons (Fsp3) is 0.333. The highest BCUT2D eigenvalue weighted by atomic mass is 32.2. The number of hydrogen-bond donors (Lipinski definition) is 0. The molecule has 0 aliphatic heterocycles. The molecule has 160 valence electrons. The fourth-order valence-corrected chi connectivity index (χ4v) is 5.49. The van der Waals surface area contributed by atoms with Crippen LogP contribution in [0.4, 0.5) is 5.13 Å². The van der Waals surface area contributed by atoms with Gasteiger partial charge in [-0.05, 0) is 50.7 Å². The van der Waals surface area contributed by atoms with Crippen LogP contribution in [0.5, 0.6) is 0 Å². The Labute approximate surface area is 185 Å². The lowest BCUT2D eigenvalue weighted by Gasteiger charge is -2.22. The topological polar surface area (TPSA) is 70.6 Å². The van der Waals surface area contributed by atoms with E-state index in [0.717, 1.165) is 15.1 Å². The maximum Gasteiger partial charge on any atom is 0.260 e. The number of rotatable bonds is 8. The molecule has 1 amide bonds. The van der Waals surface area contributed by atoms with Crippen LogP contribution in [0.25, 0.3) is 10.2 Å². The number of fused-ring (bicyclic) bond motifs is 1. The first-order valence-electron chi connectivity index (χ1n) is 9.49. The van der Waals surface area contributed by atoms with Crippen molar-refractivity contribution < 1.29 is 13.2 Å². The predicted molar refractivity (Wildman–Crippen MR) is 126 cm³/mol. The molecular formula is C21H25N3O3S3. The number of benzene rings is 2. The number of para-hydroxylation sites is 1. The molecule has 0 saturated carbocycles. The Morgan fingerprint density at radius 2 is 1.87 bits per heavy atom. The van der Waals surface area contributed by atoms with Crippen molar-refractivity contribution in [3.63, 3.8) is 0 Å². The van der Waals surface area contributed by atoms with E-state index in [1.165, 1.54) is 23.5 Å². The largest absolute Gasteiger partial charge is 0.308 e. The summed E-state index contributed by atoms with van der Waals surface area (Å²) in [4.78, 5) is 23.1. The second-order valence-corrected chi connectivity index (χ2v) is 11.1. The summed E-state index contributed by atoms with van der Waals surface area (Å²) in [6.07, 6.45) is 2.00. The Bertz CT molecular complexity index is 1160. The van der Waals surface area contributed by atoms with Gasteiger partial charge in [0.05, 0.1) is 20.9 Å². The molecule has 0 unspecified atom stereocenters. The van der Waals surface area contributed by atoms with Crippen LogP contribution in [0, 0.1) is 0 Å². The Balaban J connectivity index is 2.04. The number of aromatic nitrogens is 1. The average Bonchev–Trinajstić information content (AvgIpc) is 3.17. The van der Waals surface area contributed by atoms with Crippen molar-refractivity contribution in [1.29, 1.82) is 0 Å². The van der Waals surface area contributed by atoms with E-state index in [-0.39, 0.29) is 16.6 Å². The molecule has 2 aromatic carbocycles. The lowest BCUT2D eigenvalue weighted by atomic mass is 10.2. The van der Waals surface area contributed by atoms with Gasteiger partial charge in [-0.25, -0.2) is 13.4 Å². The first-order valence-corrected chi connectivity index (χ1v) is 13.2. The molecule has 0 bridgehead atoms. The monoisotopic (exact) mass is 463 g/mol. The van der Waals surface area contributed by atoms with Gasteiger partial charge in [-0.1, -0.05) is 30.4 Å². The summed E-state index contributed by atoms with van der Waals surface area (Å²) in [6.45, 7) is 2.70. The molecule has 6 nitrogen and oxygen atoms in total. The van der Waals surface area contributed by atoms with Crippen LogP contribution in [0.15, 0.2) is 52.3 Å². The summed E-state index contributed by atoms with van der Waals surface area (Å²) >= 11 is 3.09. The van der Waals surface area contributed by atoms with Crippen LogP contribution in [0.3, 0.4) is 0 Å². The van der Waals surface area contributed by atoms with E-state index in [4.69, 9.17) is 4.98 Å². The third kappa shape index (κ3) is 4.85. The van der Waals surface area contributed by atoms with Crippen LogP contribution in [-0.2, 0) is 9.84 Å². The Morgan fingerprint density at radius 1 is 1.13 bits per heavy atom. The van der Waals surface area contributed by atoms with E-state index in [2.05, 4.69) is 0 Å². The molecule has 0 aliphatic rings. The Morgan fingerprint density at radius 3 is 2.53 bits per heavy atom. The molecule has 0 radical (unpaired) electrons. The van der Waals surface area contributed by atoms with E-state index in [1.54, 1.807) is 35.7 Å². The van der Waals surface area contributed by atoms with Gasteiger partial charge in [0, 0.05) is 23.5 Å². The molecule has 0 N–H and O–H groups in total. The van der Waals surface area contributed by atoms with E-state index >= 15 is 0 Å². The summed E-state index contributed by atoms with van der Waals surface area (Å²) in [5.41, 5.74) is 1.22. The quantitative estimate of drug-likeness (QED) is 0.470. The van der Waals surface area contributed by atoms with Crippen LogP contribution in [0.2, 0.25) is 0 Å². The van der Waals surface area contributed by atoms with E-state index < -0.39 is 9.84 Å². The summed E-state index contributed by atoms with van der Waals surface area (Å²) in [5.74, 6) is -0.264. The third-order valence-electron chi connectivity index (χ3n) is 4.66. The molecule has 3 rings (SSSR count). The average molecular weight is 464 g/mol. The summed E-state index contributed by atoms with van der Waals surface area (Å²) in [6, 6.07) is 12.3. The smallest absolute Gasteiger partial charge is 0.260 e. The van der Waals surface area contributed by atoms with Crippen LogP contribution < -0.4 is 4.90 Å². The number of carbonyl (C=O) groups is 1. The zero-order valence-electron chi connectivity index (χ0n) is 17.5. The summed E-state index contributed by atoms with van der Waals surface area (Å²) in [7, 11) is 0.497. The minimum atomic E-state index is -3.39. The molecule has 30 heavy (non-hydrogen) atoms. The van der Waals surface area contributed by atoms with Gasteiger partial charge < -0.3 is 4.90 Å². The summed E-state index contributed by atoms with van der Waals surface area (Å²) < 4.78 is 25.6. The molecule has 9 heteroatoms. The van der Waals surface area contributed by atoms with Gasteiger partial charge in [0.2, 0.25) is 0 Å². The molecular weight excluding hydrogens is 438 g/mol. The van der Waals surface area contributed by atoms with Gasteiger partial charge in [-0.3, -0.25) is 9.69 Å². The van der Waals surface area contributed by atoms with Gasteiger partial charge in [-0.2, -0.15) is 0 Å². The lowest BCUT2D eigenvalue weighted by molar-refractivity contribution is 0.0985. The number of amides is 1. The predicted octanol–water partition coefficient (Wildman–Crippen LogP) is 4.02. The van der Waals surface area contributed by atoms with Crippen molar-refractivity contribution in [2.75, 3.05) is 44.1 Å². The molecule has 0 aliphatic carbocycles. The normalized spacial score (nSPS) is 11.9. The van der Waals surface area contributed by atoms with Crippen LogP contribution >= 0.6 is 23.1 Å². The zero-order chi connectivity index (χ0) is 21.9. The molecule has 1 aromatic heterocycles. The van der Waals surface area contributed by atoms with Gasteiger partial charge in [0.1, 0.15) is 0 Å². The number of likely N-dealkylation sites (N-methyl/N-ethyl adjacent to an activating group) is 1. The highest BCUT2D eigenvalue weighted by Gasteiger charge is 2.23. The number of hydrogen-bond acceptors (Lipinski definition) is 7. The highest BCUT2D eigenvalue weighted by molar-refractivity contribution is 7.98. The molecule has 0 fully saturated rings. The first-order chi connectivity index (χ1) is 14.3. The van der Waals surface area contributed by atoms with E-state index in [0.29, 0.717) is 23.8 Å². The number of nitrogens with zero attached hydrogens (tertiary/aromatic N) is 3. The van der Waals surface area contributed by atoms with Crippen molar-refractivity contribution in [3.05, 3.63) is 48.0 Å². The molecule has 0 atom stereocenters. The van der Waals surface area contributed by atoms with Crippen molar-refractivity contribution in [3.8, 4) is 0 Å². The van der Waals surface area contributed by atoms with Crippen LogP contribution in [0.1, 0.15) is 17.3 Å². The maximum atomic E-state index is 13.4. The highest BCUT2D eigenvalue weighted by Crippen LogP contribution is 2.34. The minimum absolute atomic E-state index is 0.00960. The molecule has 3 aromatic rings. The fourth-order valence-electron chi connectivity index (χ4n) is 2.92. The molecule has 1 heterocycles. The van der Waals surface area contributed by atoms with Gasteiger partial charge in [0.25, 0.3) is 5.91 Å². The number of thioether (sulfide) groups is 1. The molecule has 0 spiro atoms.